The van der Waals surface area contributed by atoms with Crippen molar-refractivity contribution in [1.82, 2.24) is 14.6 Å². The fourth-order valence-electron chi connectivity index (χ4n) is 3.36. The van der Waals surface area contributed by atoms with Crippen LogP contribution in [0, 0.1) is 18.3 Å². The number of methoxy groups -OCH3 is 1. The third-order valence-corrected chi connectivity index (χ3v) is 7.81. The van der Waals surface area contributed by atoms with E-state index in [9.17, 15) is 24.6 Å². The van der Waals surface area contributed by atoms with E-state index in [2.05, 4.69) is 5.09 Å². The highest BCUT2D eigenvalue weighted by Crippen LogP contribution is 2.46. The number of terminal acetylenes is 1. The van der Waals surface area contributed by atoms with Gasteiger partial charge in [0.25, 0.3) is 5.56 Å². The van der Waals surface area contributed by atoms with E-state index in [4.69, 9.17) is 36.8 Å². The molecule has 39 heavy (non-hydrogen) atoms. The highest BCUT2D eigenvalue weighted by atomic mass is 32.5. The summed E-state index contributed by atoms with van der Waals surface area (Å²) in [6, 6.07) is 8.55. The standard InChI is InChI=1S/C25H34N3O9PS/c1-7-25(33,28-14-13-20(29)26-24(28)32)22(30)19(34-6)15-35-38(39,37-18-11-9-8-10-12-18)27-21(16(2)3)23(31)36-17(4)5/h1,8-14,16-17,19,21-22,30,33H,15H2,2-6H3,(H,27,39)(H,26,29,32)/t19-,21?,22-,25-,38?/m1/s1. The van der Waals surface area contributed by atoms with Gasteiger partial charge in [0.05, 0.1) is 12.7 Å². The normalized spacial score (nSPS) is 16.9. The molecule has 5 atom stereocenters. The number of carbonyl (C=O) groups excluding carboxylic acids is 1. The Bertz CT molecular complexity index is 1310. The Hall–Kier alpha value is -2.82. The molecule has 4 N–H and O–H groups in total. The van der Waals surface area contributed by atoms with Crippen LogP contribution in [-0.4, -0.2) is 63.8 Å². The lowest BCUT2D eigenvalue weighted by atomic mass is 10.0. The van der Waals surface area contributed by atoms with Crippen LogP contribution in [0.5, 0.6) is 5.75 Å². The smallest absolute Gasteiger partial charge is 0.331 e. The van der Waals surface area contributed by atoms with E-state index in [1.807, 2.05) is 10.9 Å². The number of nitrogens with zero attached hydrogens (tertiary/aromatic N) is 1. The second kappa shape index (κ2) is 14.0. The van der Waals surface area contributed by atoms with Crippen molar-refractivity contribution in [1.29, 1.82) is 0 Å². The lowest BCUT2D eigenvalue weighted by Crippen LogP contribution is -2.56. The van der Waals surface area contributed by atoms with Crippen LogP contribution >= 0.6 is 6.64 Å². The molecule has 214 valence electrons. The minimum atomic E-state index is -3.56. The lowest BCUT2D eigenvalue weighted by Gasteiger charge is -2.35. The molecule has 1 aromatic heterocycles. The van der Waals surface area contributed by atoms with Crippen molar-refractivity contribution in [3.05, 3.63) is 63.4 Å². The maximum Gasteiger partial charge on any atom is 0.331 e. The van der Waals surface area contributed by atoms with Gasteiger partial charge in [-0.15, -0.1) is 6.42 Å². The summed E-state index contributed by atoms with van der Waals surface area (Å²) in [5.41, 5.74) is -4.42. The summed E-state index contributed by atoms with van der Waals surface area (Å²) >= 11 is 5.73. The summed E-state index contributed by atoms with van der Waals surface area (Å²) in [5.74, 6) is 1.49. The van der Waals surface area contributed by atoms with Gasteiger partial charge in [-0.2, -0.15) is 0 Å². The van der Waals surface area contributed by atoms with Gasteiger partial charge in [-0.3, -0.25) is 19.1 Å². The second-order valence-electron chi connectivity index (χ2n) is 9.10. The average Bonchev–Trinajstić information content (AvgIpc) is 2.87. The summed E-state index contributed by atoms with van der Waals surface area (Å²) in [5, 5.41) is 25.1. The Labute approximate surface area is 231 Å². The first kappa shape index (κ1) is 32.4. The number of ether oxygens (including phenoxy) is 2. The van der Waals surface area contributed by atoms with Gasteiger partial charge in [-0.25, -0.2) is 9.88 Å². The lowest BCUT2D eigenvalue weighted by molar-refractivity contribution is -0.154. The zero-order chi connectivity index (χ0) is 29.4. The van der Waals surface area contributed by atoms with Crippen LogP contribution in [-0.2, 0) is 36.3 Å². The number of hydrogen-bond donors (Lipinski definition) is 4. The number of benzene rings is 1. The van der Waals surface area contributed by atoms with E-state index in [0.717, 1.165) is 12.3 Å². The Morgan fingerprint density at radius 1 is 1.23 bits per heavy atom. The molecular weight excluding hydrogens is 549 g/mol. The number of hydrogen-bond acceptors (Lipinski definition) is 10. The molecule has 0 saturated carbocycles. The van der Waals surface area contributed by atoms with Crippen molar-refractivity contribution in [3.63, 3.8) is 0 Å². The van der Waals surface area contributed by atoms with Gasteiger partial charge in [0.1, 0.15) is 24.0 Å². The molecular formula is C25H34N3O9PS. The molecule has 14 heteroatoms. The van der Waals surface area contributed by atoms with Crippen LogP contribution in [0.3, 0.4) is 0 Å². The molecule has 0 aliphatic carbocycles. The summed E-state index contributed by atoms with van der Waals surface area (Å²) in [4.78, 5) is 38.5. The number of aliphatic hydroxyl groups excluding tert-OH is 1. The van der Waals surface area contributed by atoms with E-state index < -0.39 is 54.4 Å². The predicted octanol–water partition coefficient (Wildman–Crippen LogP) is 1.08. The Kier molecular flexibility index (Phi) is 11.6. The van der Waals surface area contributed by atoms with Crippen molar-refractivity contribution in [2.75, 3.05) is 13.7 Å². The van der Waals surface area contributed by atoms with Crippen molar-refractivity contribution >= 4 is 24.4 Å². The SMILES string of the molecule is C#C[C@@](O)([C@H](O)[C@@H](COP(=S)(NC(C(=O)OC(C)C)C(C)C)Oc1ccccc1)OC)n1ccc(=O)[nH]c1=O. The predicted molar refractivity (Wildman–Crippen MR) is 147 cm³/mol. The number of H-pyrrole nitrogens is 1. The fourth-order valence-corrected chi connectivity index (χ4v) is 5.81. The van der Waals surface area contributed by atoms with Crippen molar-refractivity contribution in [2.45, 2.75) is 57.8 Å². The number of carbonyl (C=O) groups is 1. The van der Waals surface area contributed by atoms with Crippen LogP contribution in [0.4, 0.5) is 0 Å². The zero-order valence-electron chi connectivity index (χ0n) is 22.3. The number of aromatic nitrogens is 2. The molecule has 0 radical (unpaired) electrons. The van der Waals surface area contributed by atoms with Gasteiger partial charge in [0, 0.05) is 19.4 Å². The Morgan fingerprint density at radius 3 is 2.38 bits per heavy atom. The molecule has 2 unspecified atom stereocenters. The number of esters is 1. The van der Waals surface area contributed by atoms with E-state index in [0.29, 0.717) is 10.3 Å². The summed E-state index contributed by atoms with van der Waals surface area (Å²) in [6.45, 7) is 2.96. The van der Waals surface area contributed by atoms with E-state index >= 15 is 0 Å². The van der Waals surface area contributed by atoms with Crippen molar-refractivity contribution < 1.29 is 33.5 Å². The van der Waals surface area contributed by atoms with Crippen LogP contribution in [0.25, 0.3) is 0 Å². The van der Waals surface area contributed by atoms with Gasteiger partial charge in [0.15, 0.2) is 0 Å². The fraction of sp³-hybridized carbons (Fsp3) is 0.480. The van der Waals surface area contributed by atoms with Crippen molar-refractivity contribution in [3.8, 4) is 18.1 Å². The third kappa shape index (κ3) is 8.58. The van der Waals surface area contributed by atoms with Crippen molar-refractivity contribution in [2.24, 2.45) is 5.92 Å². The molecule has 0 spiro atoms. The maximum absolute atomic E-state index is 12.8. The summed E-state index contributed by atoms with van der Waals surface area (Å²) in [6.07, 6.45) is 2.76. The molecule has 0 saturated heterocycles. The number of aromatic amines is 1. The maximum atomic E-state index is 12.8. The minimum absolute atomic E-state index is 0.274. The van der Waals surface area contributed by atoms with Gasteiger partial charge in [-0.1, -0.05) is 32.0 Å². The first-order chi connectivity index (χ1) is 18.3. The molecule has 2 aromatic rings. The molecule has 1 aromatic carbocycles. The topological polar surface area (TPSA) is 161 Å². The summed E-state index contributed by atoms with van der Waals surface area (Å²) < 4.78 is 23.2. The molecule has 0 fully saturated rings. The average molecular weight is 584 g/mol. The molecule has 0 amide bonds. The zero-order valence-corrected chi connectivity index (χ0v) is 24.0. The second-order valence-corrected chi connectivity index (χ2v) is 12.2. The van der Waals surface area contributed by atoms with Crippen LogP contribution in [0.2, 0.25) is 0 Å². The number of rotatable bonds is 14. The Balaban J connectivity index is 2.38. The highest BCUT2D eigenvalue weighted by molar-refractivity contribution is 8.09. The quantitative estimate of drug-likeness (QED) is 0.143. The molecule has 2 rings (SSSR count). The van der Waals surface area contributed by atoms with Gasteiger partial charge in [0.2, 0.25) is 5.72 Å². The Morgan fingerprint density at radius 2 is 1.87 bits per heavy atom. The molecule has 0 aliphatic rings. The molecule has 1 heterocycles. The van der Waals surface area contributed by atoms with Crippen LogP contribution in [0.15, 0.2) is 52.2 Å². The van der Waals surface area contributed by atoms with Crippen LogP contribution in [0.1, 0.15) is 27.7 Å². The summed E-state index contributed by atoms with van der Waals surface area (Å²) in [7, 11) is 1.22. The van der Waals surface area contributed by atoms with Gasteiger partial charge in [-0.05, 0) is 49.6 Å². The number of nitrogens with one attached hydrogen (secondary N) is 2. The molecule has 0 bridgehead atoms. The molecule has 12 nitrogen and oxygen atoms in total. The van der Waals surface area contributed by atoms with E-state index in [1.54, 1.807) is 58.0 Å². The monoisotopic (exact) mass is 583 g/mol. The van der Waals surface area contributed by atoms with E-state index in [-0.39, 0.29) is 12.0 Å². The van der Waals surface area contributed by atoms with Gasteiger partial charge >= 0.3 is 18.3 Å². The number of para-hydroxylation sites is 1. The first-order valence-electron chi connectivity index (χ1n) is 12.0. The van der Waals surface area contributed by atoms with Crippen LogP contribution < -0.4 is 20.9 Å². The highest BCUT2D eigenvalue weighted by Gasteiger charge is 2.43. The van der Waals surface area contributed by atoms with Gasteiger partial charge < -0.3 is 28.7 Å². The van der Waals surface area contributed by atoms with E-state index in [1.165, 1.54) is 7.11 Å². The molecule has 0 aliphatic heterocycles. The largest absolute Gasteiger partial charge is 0.462 e. The number of aliphatic hydroxyl groups is 2. The minimum Gasteiger partial charge on any atom is -0.462 e. The third-order valence-electron chi connectivity index (χ3n) is 5.42. The first-order valence-corrected chi connectivity index (χ1v) is 14.6.